The highest BCUT2D eigenvalue weighted by Crippen LogP contribution is 2.26. The molecule has 0 saturated heterocycles. The molecular formula is C11H14BrN3O2. The number of H-pyrrole nitrogens is 2. The third-order valence-electron chi connectivity index (χ3n) is 2.42. The molecule has 0 aliphatic carbocycles. The maximum Gasteiger partial charge on any atom is 0.323 e. The van der Waals surface area contributed by atoms with Gasteiger partial charge in [-0.15, -0.1) is 0 Å². The van der Waals surface area contributed by atoms with Gasteiger partial charge in [0, 0.05) is 17.6 Å². The summed E-state index contributed by atoms with van der Waals surface area (Å²) in [5.74, 6) is 0. The van der Waals surface area contributed by atoms with Crippen LogP contribution in [0.5, 0.6) is 0 Å². The number of nitrogens with one attached hydrogen (secondary N) is 3. The number of anilines is 1. The van der Waals surface area contributed by atoms with E-state index in [9.17, 15) is 4.79 Å². The molecule has 3 N–H and O–H groups in total. The summed E-state index contributed by atoms with van der Waals surface area (Å²) in [6.45, 7) is 2.65. The van der Waals surface area contributed by atoms with Gasteiger partial charge in [0.05, 0.1) is 23.3 Å². The van der Waals surface area contributed by atoms with Crippen molar-refractivity contribution in [3.05, 3.63) is 27.1 Å². The van der Waals surface area contributed by atoms with E-state index in [2.05, 4.69) is 31.2 Å². The lowest BCUT2D eigenvalue weighted by Gasteiger charge is -2.15. The average Bonchev–Trinajstić information content (AvgIpc) is 2.58. The minimum atomic E-state index is -0.200. The number of hydrogen-bond donors (Lipinski definition) is 3. The normalized spacial score (nSPS) is 12.9. The first-order valence-corrected chi connectivity index (χ1v) is 6.06. The van der Waals surface area contributed by atoms with Crippen molar-refractivity contribution in [1.29, 1.82) is 0 Å². The summed E-state index contributed by atoms with van der Waals surface area (Å²) in [6.07, 6.45) is 0. The molecule has 0 spiro atoms. The minimum absolute atomic E-state index is 0.194. The monoisotopic (exact) mass is 299 g/mol. The number of imidazole rings is 1. The van der Waals surface area contributed by atoms with E-state index < -0.39 is 0 Å². The maximum absolute atomic E-state index is 11.2. The van der Waals surface area contributed by atoms with Crippen LogP contribution in [-0.2, 0) is 4.74 Å². The van der Waals surface area contributed by atoms with Gasteiger partial charge >= 0.3 is 5.69 Å². The third-order valence-corrected chi connectivity index (χ3v) is 3.08. The number of ether oxygens (including phenoxy) is 1. The molecule has 92 valence electrons. The Morgan fingerprint density at radius 1 is 1.41 bits per heavy atom. The quantitative estimate of drug-likeness (QED) is 0.809. The SMILES string of the molecule is COCC(C)Nc1cc2[nH]c(=O)[nH]c2cc1Br. The van der Waals surface area contributed by atoms with E-state index in [0.29, 0.717) is 6.61 Å². The standard InChI is InChI=1S/C11H14BrN3O2/c1-6(5-17-2)13-8-4-10-9(3-7(8)12)14-11(16)15-10/h3-4,6,13H,5H2,1-2H3,(H2,14,15,16). The summed E-state index contributed by atoms with van der Waals surface area (Å²) in [5.41, 5.74) is 2.29. The first-order valence-electron chi connectivity index (χ1n) is 5.27. The number of halogens is 1. The van der Waals surface area contributed by atoms with Crippen LogP contribution in [0.25, 0.3) is 11.0 Å². The van der Waals surface area contributed by atoms with Gasteiger partial charge in [-0.3, -0.25) is 0 Å². The average molecular weight is 300 g/mol. The minimum Gasteiger partial charge on any atom is -0.383 e. The molecule has 0 fully saturated rings. The molecule has 2 rings (SSSR count). The van der Waals surface area contributed by atoms with Crippen molar-refractivity contribution in [2.45, 2.75) is 13.0 Å². The first kappa shape index (κ1) is 12.2. The van der Waals surface area contributed by atoms with Crippen LogP contribution < -0.4 is 11.0 Å². The van der Waals surface area contributed by atoms with E-state index in [4.69, 9.17) is 4.74 Å². The molecule has 0 amide bonds. The third kappa shape index (κ3) is 2.70. The predicted molar refractivity (Wildman–Crippen MR) is 71.6 cm³/mol. The van der Waals surface area contributed by atoms with Crippen LogP contribution in [0, 0.1) is 0 Å². The van der Waals surface area contributed by atoms with Gasteiger partial charge in [-0.1, -0.05) is 0 Å². The van der Waals surface area contributed by atoms with Crippen LogP contribution in [0.3, 0.4) is 0 Å². The van der Waals surface area contributed by atoms with Crippen LogP contribution in [-0.4, -0.2) is 29.7 Å². The van der Waals surface area contributed by atoms with Crippen LogP contribution >= 0.6 is 15.9 Å². The highest BCUT2D eigenvalue weighted by molar-refractivity contribution is 9.10. The van der Waals surface area contributed by atoms with Gasteiger partial charge in [-0.05, 0) is 35.0 Å². The summed E-state index contributed by atoms with van der Waals surface area (Å²) < 4.78 is 5.97. The molecule has 1 heterocycles. The molecule has 1 aromatic carbocycles. The van der Waals surface area contributed by atoms with Gasteiger partial charge in [0.15, 0.2) is 0 Å². The fourth-order valence-electron chi connectivity index (χ4n) is 1.72. The van der Waals surface area contributed by atoms with Crippen LogP contribution in [0.15, 0.2) is 21.4 Å². The van der Waals surface area contributed by atoms with Crippen molar-refractivity contribution >= 4 is 32.7 Å². The van der Waals surface area contributed by atoms with Gasteiger partial charge in [0.2, 0.25) is 0 Å². The van der Waals surface area contributed by atoms with E-state index >= 15 is 0 Å². The Morgan fingerprint density at radius 3 is 2.71 bits per heavy atom. The van der Waals surface area contributed by atoms with Crippen LogP contribution in [0.2, 0.25) is 0 Å². The van der Waals surface area contributed by atoms with E-state index in [-0.39, 0.29) is 11.7 Å². The molecule has 5 nitrogen and oxygen atoms in total. The molecule has 0 aliphatic rings. The second-order valence-corrected chi connectivity index (χ2v) is 4.81. The Balaban J connectivity index is 2.33. The molecule has 0 aliphatic heterocycles. The summed E-state index contributed by atoms with van der Waals surface area (Å²) in [7, 11) is 1.67. The van der Waals surface area contributed by atoms with Crippen molar-refractivity contribution < 1.29 is 4.74 Å². The predicted octanol–water partition coefficient (Wildman–Crippen LogP) is 2.07. The van der Waals surface area contributed by atoms with Crippen molar-refractivity contribution in [2.24, 2.45) is 0 Å². The number of rotatable bonds is 4. The molecule has 2 aromatic rings. The van der Waals surface area contributed by atoms with Crippen molar-refractivity contribution in [1.82, 2.24) is 9.97 Å². The Morgan fingerprint density at radius 2 is 2.06 bits per heavy atom. The summed E-state index contributed by atoms with van der Waals surface area (Å²) >= 11 is 3.47. The van der Waals surface area contributed by atoms with Gasteiger partial charge in [0.1, 0.15) is 0 Å². The lowest BCUT2D eigenvalue weighted by Crippen LogP contribution is -2.20. The van der Waals surface area contributed by atoms with Crippen molar-refractivity contribution in [2.75, 3.05) is 19.0 Å². The van der Waals surface area contributed by atoms with E-state index in [1.54, 1.807) is 7.11 Å². The van der Waals surface area contributed by atoms with E-state index in [1.807, 2.05) is 19.1 Å². The molecular weight excluding hydrogens is 286 g/mol. The number of methoxy groups -OCH3 is 1. The van der Waals surface area contributed by atoms with Crippen LogP contribution in [0.4, 0.5) is 5.69 Å². The smallest absolute Gasteiger partial charge is 0.323 e. The zero-order chi connectivity index (χ0) is 12.4. The Bertz CT molecular complexity index is 576. The Labute approximate surface area is 107 Å². The Hall–Kier alpha value is -1.27. The molecule has 0 saturated carbocycles. The largest absolute Gasteiger partial charge is 0.383 e. The highest BCUT2D eigenvalue weighted by Gasteiger charge is 2.08. The second-order valence-electron chi connectivity index (χ2n) is 3.96. The Kier molecular flexibility index (Phi) is 3.54. The fourth-order valence-corrected chi connectivity index (χ4v) is 2.18. The number of benzene rings is 1. The highest BCUT2D eigenvalue weighted by atomic mass is 79.9. The lowest BCUT2D eigenvalue weighted by molar-refractivity contribution is 0.190. The van der Waals surface area contributed by atoms with E-state index in [0.717, 1.165) is 21.2 Å². The summed E-state index contributed by atoms with van der Waals surface area (Å²) in [5, 5.41) is 3.30. The van der Waals surface area contributed by atoms with Crippen LogP contribution in [0.1, 0.15) is 6.92 Å². The lowest BCUT2D eigenvalue weighted by atomic mass is 10.2. The van der Waals surface area contributed by atoms with Gasteiger partial charge in [0.25, 0.3) is 0 Å². The second kappa shape index (κ2) is 4.93. The van der Waals surface area contributed by atoms with E-state index in [1.165, 1.54) is 0 Å². The molecule has 1 aromatic heterocycles. The van der Waals surface area contributed by atoms with Gasteiger partial charge < -0.3 is 20.0 Å². The zero-order valence-electron chi connectivity index (χ0n) is 9.63. The number of aromatic amines is 2. The molecule has 0 radical (unpaired) electrons. The van der Waals surface area contributed by atoms with Gasteiger partial charge in [-0.2, -0.15) is 0 Å². The van der Waals surface area contributed by atoms with Crippen molar-refractivity contribution in [3.8, 4) is 0 Å². The number of hydrogen-bond acceptors (Lipinski definition) is 3. The van der Waals surface area contributed by atoms with Crippen molar-refractivity contribution in [3.63, 3.8) is 0 Å². The number of fused-ring (bicyclic) bond motifs is 1. The number of aromatic nitrogens is 2. The first-order chi connectivity index (χ1) is 8.10. The molecule has 0 bridgehead atoms. The molecule has 1 atom stereocenters. The molecule has 6 heteroatoms. The fraction of sp³-hybridized carbons (Fsp3) is 0.364. The summed E-state index contributed by atoms with van der Waals surface area (Å²) in [6, 6.07) is 3.96. The molecule has 1 unspecified atom stereocenters. The molecule has 17 heavy (non-hydrogen) atoms. The summed E-state index contributed by atoms with van der Waals surface area (Å²) in [4.78, 5) is 16.6. The van der Waals surface area contributed by atoms with Gasteiger partial charge in [-0.25, -0.2) is 4.79 Å². The zero-order valence-corrected chi connectivity index (χ0v) is 11.2. The topological polar surface area (TPSA) is 69.9 Å². The maximum atomic E-state index is 11.2.